The molecule has 1 N–H and O–H groups in total. The molecule has 1 aromatic rings. The fourth-order valence-electron chi connectivity index (χ4n) is 1.48. The summed E-state index contributed by atoms with van der Waals surface area (Å²) in [5.74, 6) is 0.0614. The molecular formula is C13H18F3NS. The molecule has 1 atom stereocenters. The van der Waals surface area contributed by atoms with Gasteiger partial charge in [-0.2, -0.15) is 13.2 Å². The quantitative estimate of drug-likeness (QED) is 0.839. The Balaban J connectivity index is 2.37. The molecule has 0 saturated heterocycles. The van der Waals surface area contributed by atoms with Crippen molar-refractivity contribution in [2.75, 3.05) is 5.75 Å². The Bertz CT molecular complexity index is 348. The molecule has 0 aromatic heterocycles. The van der Waals surface area contributed by atoms with Crippen molar-refractivity contribution >= 4 is 11.8 Å². The maximum absolute atomic E-state index is 12.1. The van der Waals surface area contributed by atoms with Crippen LogP contribution in [0.5, 0.6) is 0 Å². The highest BCUT2D eigenvalue weighted by atomic mass is 32.2. The van der Waals surface area contributed by atoms with Gasteiger partial charge in [0.15, 0.2) is 0 Å². The Morgan fingerprint density at radius 1 is 1.22 bits per heavy atom. The number of benzene rings is 1. The molecule has 18 heavy (non-hydrogen) atoms. The Hall–Kier alpha value is -0.680. The largest absolute Gasteiger partial charge is 0.441 e. The Kier molecular flexibility index (Phi) is 6.02. The molecule has 0 aliphatic rings. The van der Waals surface area contributed by atoms with Crippen molar-refractivity contribution in [2.24, 2.45) is 0 Å². The van der Waals surface area contributed by atoms with E-state index in [0.717, 1.165) is 5.56 Å². The summed E-state index contributed by atoms with van der Waals surface area (Å²) in [6, 6.07) is 7.88. The molecule has 1 aromatic carbocycles. The number of thioether (sulfide) groups is 1. The number of rotatable bonds is 6. The van der Waals surface area contributed by atoms with Gasteiger partial charge in [0.25, 0.3) is 0 Å². The van der Waals surface area contributed by atoms with E-state index in [0.29, 0.717) is 13.0 Å². The van der Waals surface area contributed by atoms with Crippen LogP contribution in [0.15, 0.2) is 24.3 Å². The zero-order chi connectivity index (χ0) is 13.6. The molecule has 0 fully saturated rings. The van der Waals surface area contributed by atoms with E-state index < -0.39 is 5.51 Å². The molecule has 5 heteroatoms. The molecule has 0 spiro atoms. The monoisotopic (exact) mass is 277 g/mol. The highest BCUT2D eigenvalue weighted by Gasteiger charge is 2.29. The van der Waals surface area contributed by atoms with Crippen molar-refractivity contribution in [2.45, 2.75) is 38.4 Å². The van der Waals surface area contributed by atoms with Gasteiger partial charge in [-0.1, -0.05) is 36.8 Å². The van der Waals surface area contributed by atoms with E-state index in [4.69, 9.17) is 0 Å². The highest BCUT2D eigenvalue weighted by Crippen LogP contribution is 2.30. The van der Waals surface area contributed by atoms with Crippen molar-refractivity contribution in [3.63, 3.8) is 0 Å². The number of alkyl halides is 3. The predicted molar refractivity (Wildman–Crippen MR) is 70.6 cm³/mol. The number of aryl methyl sites for hydroxylation is 1. The molecule has 0 heterocycles. The summed E-state index contributed by atoms with van der Waals surface area (Å²) in [4.78, 5) is 0. The van der Waals surface area contributed by atoms with Crippen LogP contribution in [0.25, 0.3) is 0 Å². The Morgan fingerprint density at radius 3 is 2.33 bits per heavy atom. The van der Waals surface area contributed by atoms with Crippen molar-refractivity contribution in [3.8, 4) is 0 Å². The van der Waals surface area contributed by atoms with Gasteiger partial charge >= 0.3 is 5.51 Å². The van der Waals surface area contributed by atoms with Crippen LogP contribution in [0.3, 0.4) is 0 Å². The summed E-state index contributed by atoms with van der Waals surface area (Å²) in [6.45, 7) is 4.51. The lowest BCUT2D eigenvalue weighted by molar-refractivity contribution is -0.0329. The first-order chi connectivity index (χ1) is 8.40. The van der Waals surface area contributed by atoms with Gasteiger partial charge < -0.3 is 5.32 Å². The van der Waals surface area contributed by atoms with Crippen molar-refractivity contribution in [1.29, 1.82) is 0 Å². The van der Waals surface area contributed by atoms with E-state index in [2.05, 4.69) is 5.32 Å². The third-order valence-corrected chi connectivity index (χ3v) is 3.55. The average molecular weight is 277 g/mol. The second kappa shape index (κ2) is 7.04. The van der Waals surface area contributed by atoms with Crippen LogP contribution in [0.1, 0.15) is 24.5 Å². The van der Waals surface area contributed by atoms with Crippen LogP contribution >= 0.6 is 11.8 Å². The van der Waals surface area contributed by atoms with Crippen LogP contribution in [0.2, 0.25) is 0 Å². The number of hydrogen-bond donors (Lipinski definition) is 1. The van der Waals surface area contributed by atoms with Gasteiger partial charge in [0.2, 0.25) is 0 Å². The minimum absolute atomic E-state index is 0.0413. The second-order valence-electron chi connectivity index (χ2n) is 4.23. The molecule has 1 rings (SSSR count). The number of halogens is 3. The summed E-state index contributed by atoms with van der Waals surface area (Å²) in [5.41, 5.74) is -1.87. The van der Waals surface area contributed by atoms with Crippen LogP contribution < -0.4 is 5.32 Å². The maximum atomic E-state index is 12.1. The molecule has 0 bridgehead atoms. The zero-order valence-electron chi connectivity index (χ0n) is 10.6. The number of hydrogen-bond acceptors (Lipinski definition) is 2. The Morgan fingerprint density at radius 2 is 1.83 bits per heavy atom. The Labute approximate surface area is 110 Å². The van der Waals surface area contributed by atoms with Crippen molar-refractivity contribution in [1.82, 2.24) is 5.32 Å². The van der Waals surface area contributed by atoms with Gasteiger partial charge in [0, 0.05) is 18.3 Å². The van der Waals surface area contributed by atoms with E-state index in [-0.39, 0.29) is 23.6 Å². The predicted octanol–water partition coefficient (Wildman–Crippen LogP) is 4.12. The van der Waals surface area contributed by atoms with Crippen LogP contribution in [-0.2, 0) is 6.54 Å². The average Bonchev–Trinajstić information content (AvgIpc) is 2.30. The summed E-state index contributed by atoms with van der Waals surface area (Å²) < 4.78 is 36.3. The molecule has 0 aliphatic heterocycles. The van der Waals surface area contributed by atoms with Gasteiger partial charge in [0.1, 0.15) is 0 Å². The summed E-state index contributed by atoms with van der Waals surface area (Å²) >= 11 is 0.0413. The summed E-state index contributed by atoms with van der Waals surface area (Å²) in [6.07, 6.45) is 0.689. The molecule has 0 radical (unpaired) electrons. The minimum Gasteiger partial charge on any atom is -0.309 e. The highest BCUT2D eigenvalue weighted by molar-refractivity contribution is 8.00. The molecular weight excluding hydrogens is 259 g/mol. The minimum atomic E-state index is -4.14. The van der Waals surface area contributed by atoms with Gasteiger partial charge in [0.05, 0.1) is 0 Å². The van der Waals surface area contributed by atoms with Crippen LogP contribution in [0, 0.1) is 6.92 Å². The molecule has 0 aliphatic carbocycles. The fourth-order valence-corrected chi connectivity index (χ4v) is 2.23. The standard InChI is InChI=1S/C13H18F3NS/c1-3-12(9-18-13(14,15)16)17-8-11-6-4-10(2)5-7-11/h4-7,12,17H,3,8-9H2,1-2H3. The number of nitrogens with one attached hydrogen (secondary N) is 1. The van der Waals surface area contributed by atoms with E-state index in [1.807, 2.05) is 38.1 Å². The third-order valence-electron chi connectivity index (χ3n) is 2.66. The topological polar surface area (TPSA) is 12.0 Å². The summed E-state index contributed by atoms with van der Waals surface area (Å²) in [5, 5.41) is 3.16. The SMILES string of the molecule is CCC(CSC(F)(F)F)NCc1ccc(C)cc1. The fraction of sp³-hybridized carbons (Fsp3) is 0.538. The zero-order valence-corrected chi connectivity index (χ0v) is 11.4. The molecule has 1 nitrogen and oxygen atoms in total. The molecule has 0 saturated carbocycles. The van der Waals surface area contributed by atoms with Gasteiger partial charge in [-0.05, 0) is 30.7 Å². The van der Waals surface area contributed by atoms with Gasteiger partial charge in [-0.3, -0.25) is 0 Å². The first-order valence-corrected chi connectivity index (χ1v) is 6.89. The lowest BCUT2D eigenvalue weighted by Gasteiger charge is -2.17. The molecule has 0 amide bonds. The molecule has 1 unspecified atom stereocenters. The van der Waals surface area contributed by atoms with E-state index in [1.54, 1.807) is 0 Å². The smallest absolute Gasteiger partial charge is 0.309 e. The second-order valence-corrected chi connectivity index (χ2v) is 5.31. The first kappa shape index (κ1) is 15.4. The summed E-state index contributed by atoms with van der Waals surface area (Å²) in [7, 11) is 0. The van der Waals surface area contributed by atoms with Gasteiger partial charge in [-0.15, -0.1) is 0 Å². The van der Waals surface area contributed by atoms with Gasteiger partial charge in [-0.25, -0.2) is 0 Å². The van der Waals surface area contributed by atoms with Crippen LogP contribution in [0.4, 0.5) is 13.2 Å². The first-order valence-electron chi connectivity index (χ1n) is 5.90. The normalized spacial score (nSPS) is 13.6. The van der Waals surface area contributed by atoms with E-state index in [9.17, 15) is 13.2 Å². The maximum Gasteiger partial charge on any atom is 0.441 e. The van der Waals surface area contributed by atoms with Crippen molar-refractivity contribution < 1.29 is 13.2 Å². The lowest BCUT2D eigenvalue weighted by atomic mass is 10.1. The van der Waals surface area contributed by atoms with E-state index in [1.165, 1.54) is 5.56 Å². The van der Waals surface area contributed by atoms with Crippen molar-refractivity contribution in [3.05, 3.63) is 35.4 Å². The lowest BCUT2D eigenvalue weighted by Crippen LogP contribution is -2.31. The van der Waals surface area contributed by atoms with Crippen LogP contribution in [-0.4, -0.2) is 17.3 Å². The van der Waals surface area contributed by atoms with E-state index >= 15 is 0 Å². The third kappa shape index (κ3) is 6.31. The molecule has 102 valence electrons.